The van der Waals surface area contributed by atoms with Gasteiger partial charge in [-0.1, -0.05) is 24.3 Å². The minimum Gasteiger partial charge on any atom is -0.379 e. The largest absolute Gasteiger partial charge is 0.379 e. The van der Waals surface area contributed by atoms with E-state index in [1.165, 1.54) is 11.1 Å². The normalized spacial score (nSPS) is 17.3. The second-order valence-electron chi connectivity index (χ2n) is 8.61. The Bertz CT molecular complexity index is 1040. The van der Waals surface area contributed by atoms with Crippen LogP contribution in [-0.4, -0.2) is 70.4 Å². The lowest BCUT2D eigenvalue weighted by Crippen LogP contribution is -2.39. The molecule has 0 radical (unpaired) electrons. The second-order valence-corrected chi connectivity index (χ2v) is 8.61. The van der Waals surface area contributed by atoms with Crippen LogP contribution in [0.2, 0.25) is 0 Å². The van der Waals surface area contributed by atoms with Crippen molar-refractivity contribution < 1.29 is 4.74 Å². The number of anilines is 2. The van der Waals surface area contributed by atoms with Gasteiger partial charge in [-0.05, 0) is 31.4 Å². The minimum atomic E-state index is 0.288. The Labute approximate surface area is 183 Å². The lowest BCUT2D eigenvalue weighted by Gasteiger charge is -2.29. The predicted octanol–water partition coefficient (Wildman–Crippen LogP) is 2.71. The molecule has 0 bridgehead atoms. The Hall–Kier alpha value is -2.71. The molecule has 31 heavy (non-hydrogen) atoms. The van der Waals surface area contributed by atoms with Gasteiger partial charge in [-0.25, -0.2) is 4.98 Å². The van der Waals surface area contributed by atoms with Gasteiger partial charge in [0.1, 0.15) is 0 Å². The molecule has 1 fully saturated rings. The van der Waals surface area contributed by atoms with E-state index in [-0.39, 0.29) is 6.04 Å². The molecule has 4 heterocycles. The van der Waals surface area contributed by atoms with Crippen molar-refractivity contribution in [2.45, 2.75) is 32.9 Å². The van der Waals surface area contributed by atoms with Crippen LogP contribution in [-0.2, 0) is 17.7 Å². The standard InChI is InChI=1S/C23H31N7O/c1-17(2)30-16-25-20-21(24-8-10-28-11-13-31-14-12-28)26-23(27-22(20)30)29-9-7-18-5-3-4-6-19(18)15-29/h3-6,16-17H,7-15H2,1-2H3,(H,24,26,27). The third-order valence-corrected chi connectivity index (χ3v) is 6.20. The number of aromatic nitrogens is 4. The molecule has 3 aromatic rings. The average Bonchev–Trinajstić information content (AvgIpc) is 3.24. The Morgan fingerprint density at radius 3 is 2.68 bits per heavy atom. The summed E-state index contributed by atoms with van der Waals surface area (Å²) in [7, 11) is 0. The van der Waals surface area contributed by atoms with Crippen LogP contribution in [0.4, 0.5) is 11.8 Å². The van der Waals surface area contributed by atoms with Crippen molar-refractivity contribution in [1.82, 2.24) is 24.4 Å². The lowest BCUT2D eigenvalue weighted by molar-refractivity contribution is 0.0398. The van der Waals surface area contributed by atoms with Gasteiger partial charge in [0.25, 0.3) is 0 Å². The molecule has 8 nitrogen and oxygen atoms in total. The predicted molar refractivity (Wildman–Crippen MR) is 123 cm³/mol. The van der Waals surface area contributed by atoms with E-state index in [4.69, 9.17) is 14.7 Å². The summed E-state index contributed by atoms with van der Waals surface area (Å²) in [5, 5.41) is 3.55. The fourth-order valence-electron chi connectivity index (χ4n) is 4.37. The number of morpholine rings is 1. The monoisotopic (exact) mass is 421 g/mol. The van der Waals surface area contributed by atoms with Crippen LogP contribution >= 0.6 is 0 Å². The highest BCUT2D eigenvalue weighted by molar-refractivity contribution is 5.84. The number of benzene rings is 1. The first-order chi connectivity index (χ1) is 15.2. The van der Waals surface area contributed by atoms with E-state index in [0.29, 0.717) is 0 Å². The van der Waals surface area contributed by atoms with Gasteiger partial charge >= 0.3 is 0 Å². The fraction of sp³-hybridized carbons (Fsp3) is 0.522. The molecule has 1 aromatic carbocycles. The summed E-state index contributed by atoms with van der Waals surface area (Å²) in [6, 6.07) is 8.95. The molecule has 0 unspecified atom stereocenters. The van der Waals surface area contributed by atoms with Crippen molar-refractivity contribution in [3.05, 3.63) is 41.7 Å². The number of fused-ring (bicyclic) bond motifs is 2. The molecule has 0 spiro atoms. The Morgan fingerprint density at radius 1 is 1.06 bits per heavy atom. The van der Waals surface area contributed by atoms with E-state index in [9.17, 15) is 0 Å². The van der Waals surface area contributed by atoms with Crippen molar-refractivity contribution in [3.63, 3.8) is 0 Å². The number of hydrogen-bond acceptors (Lipinski definition) is 7. The third kappa shape index (κ3) is 4.22. The van der Waals surface area contributed by atoms with Crippen LogP contribution < -0.4 is 10.2 Å². The van der Waals surface area contributed by atoms with Gasteiger partial charge in [-0.2, -0.15) is 9.97 Å². The molecule has 1 saturated heterocycles. The molecule has 0 aliphatic carbocycles. The SMILES string of the molecule is CC(C)n1cnc2c(NCCN3CCOCC3)nc(N3CCc4ccccc4C3)nc21. The van der Waals surface area contributed by atoms with Crippen molar-refractivity contribution >= 4 is 22.9 Å². The zero-order chi connectivity index (χ0) is 21.2. The summed E-state index contributed by atoms with van der Waals surface area (Å²) < 4.78 is 7.58. The van der Waals surface area contributed by atoms with E-state index >= 15 is 0 Å². The van der Waals surface area contributed by atoms with E-state index < -0.39 is 0 Å². The molecule has 0 atom stereocenters. The molecular weight excluding hydrogens is 390 g/mol. The highest BCUT2D eigenvalue weighted by Crippen LogP contribution is 2.27. The number of nitrogens with one attached hydrogen (secondary N) is 1. The van der Waals surface area contributed by atoms with Gasteiger partial charge in [0.2, 0.25) is 5.95 Å². The van der Waals surface area contributed by atoms with Gasteiger partial charge in [0.05, 0.1) is 19.5 Å². The molecule has 0 saturated carbocycles. The Morgan fingerprint density at radius 2 is 1.87 bits per heavy atom. The maximum absolute atomic E-state index is 5.45. The van der Waals surface area contributed by atoms with Crippen LogP contribution in [0.25, 0.3) is 11.2 Å². The summed E-state index contributed by atoms with van der Waals surface area (Å²) in [5.74, 6) is 1.60. The molecule has 1 N–H and O–H groups in total. The molecule has 2 aliphatic heterocycles. The number of hydrogen-bond donors (Lipinski definition) is 1. The van der Waals surface area contributed by atoms with Gasteiger partial charge in [-0.3, -0.25) is 4.90 Å². The van der Waals surface area contributed by atoms with Gasteiger partial charge in [0.15, 0.2) is 17.0 Å². The first-order valence-corrected chi connectivity index (χ1v) is 11.3. The summed E-state index contributed by atoms with van der Waals surface area (Å²) in [4.78, 5) is 19.3. The lowest BCUT2D eigenvalue weighted by atomic mass is 10.0. The average molecular weight is 422 g/mol. The van der Waals surface area contributed by atoms with Crippen molar-refractivity contribution in [2.24, 2.45) is 0 Å². The van der Waals surface area contributed by atoms with Crippen LogP contribution in [0.3, 0.4) is 0 Å². The fourth-order valence-corrected chi connectivity index (χ4v) is 4.37. The summed E-state index contributed by atoms with van der Waals surface area (Å²) in [6.45, 7) is 11.5. The van der Waals surface area contributed by atoms with Gasteiger partial charge in [-0.15, -0.1) is 0 Å². The number of imidazole rings is 1. The molecule has 8 heteroatoms. The van der Waals surface area contributed by atoms with E-state index in [1.54, 1.807) is 0 Å². The van der Waals surface area contributed by atoms with Crippen LogP contribution in [0, 0.1) is 0 Å². The Balaban J connectivity index is 1.42. The smallest absolute Gasteiger partial charge is 0.229 e. The maximum atomic E-state index is 5.45. The summed E-state index contributed by atoms with van der Waals surface area (Å²) in [6.07, 6.45) is 2.90. The van der Waals surface area contributed by atoms with Gasteiger partial charge < -0.3 is 19.5 Å². The molecule has 164 valence electrons. The molecule has 2 aromatic heterocycles. The highest BCUT2D eigenvalue weighted by Gasteiger charge is 2.22. The number of ether oxygens (including phenoxy) is 1. The van der Waals surface area contributed by atoms with Crippen molar-refractivity contribution in [3.8, 4) is 0 Å². The second kappa shape index (κ2) is 8.80. The van der Waals surface area contributed by atoms with E-state index in [1.807, 2.05) is 6.33 Å². The van der Waals surface area contributed by atoms with E-state index in [2.05, 4.69) is 62.8 Å². The molecular formula is C23H31N7O. The third-order valence-electron chi connectivity index (χ3n) is 6.20. The summed E-state index contributed by atoms with van der Waals surface area (Å²) in [5.41, 5.74) is 4.53. The zero-order valence-corrected chi connectivity index (χ0v) is 18.4. The van der Waals surface area contributed by atoms with Crippen LogP contribution in [0.1, 0.15) is 31.0 Å². The quantitative estimate of drug-likeness (QED) is 0.656. The van der Waals surface area contributed by atoms with E-state index in [0.717, 1.165) is 81.8 Å². The van der Waals surface area contributed by atoms with Gasteiger partial charge in [0, 0.05) is 45.3 Å². The highest BCUT2D eigenvalue weighted by atomic mass is 16.5. The minimum absolute atomic E-state index is 0.288. The van der Waals surface area contributed by atoms with Crippen LogP contribution in [0.5, 0.6) is 0 Å². The molecule has 2 aliphatic rings. The first-order valence-electron chi connectivity index (χ1n) is 11.3. The van der Waals surface area contributed by atoms with Crippen LogP contribution in [0.15, 0.2) is 30.6 Å². The van der Waals surface area contributed by atoms with Crippen molar-refractivity contribution in [1.29, 1.82) is 0 Å². The first kappa shape index (κ1) is 20.2. The topological polar surface area (TPSA) is 71.3 Å². The number of rotatable bonds is 6. The molecule has 0 amide bonds. The van der Waals surface area contributed by atoms with Crippen molar-refractivity contribution in [2.75, 3.05) is 56.2 Å². The summed E-state index contributed by atoms with van der Waals surface area (Å²) >= 11 is 0. The zero-order valence-electron chi connectivity index (χ0n) is 18.4. The molecule has 5 rings (SSSR count). The number of nitrogens with zero attached hydrogens (tertiary/aromatic N) is 6. The Kier molecular flexibility index (Phi) is 5.74. The maximum Gasteiger partial charge on any atom is 0.229 e.